The van der Waals surface area contributed by atoms with Crippen molar-refractivity contribution in [2.24, 2.45) is 0 Å². The number of aryl methyl sites for hydroxylation is 4. The molecule has 0 saturated carbocycles. The fourth-order valence-corrected chi connectivity index (χ4v) is 9.20. The second kappa shape index (κ2) is 12.1. The zero-order valence-electron chi connectivity index (χ0n) is 19.2. The molecule has 3 rings (SSSR count). The van der Waals surface area contributed by atoms with Gasteiger partial charge in [-0.15, -0.1) is 6.92 Å². The standard InChI is InChI=1S/C25H31Si.3ClH.Ti/c1-16-9-17(2)12-23(11-16)26(24-13-18(3)10-19(4)14-24)25(8)15-20(5)21(6)22(25)7;;;;/h9-14,26H,1-8H3;3*1H;/q-1;;;;+4/p-3. The Morgan fingerprint density at radius 2 is 0.967 bits per heavy atom. The summed E-state index contributed by atoms with van der Waals surface area (Å²) >= 11 is 0. The Bertz CT molecular complexity index is 857. The average Bonchev–Trinajstić information content (AvgIpc) is 2.69. The molecule has 2 aromatic rings. The summed E-state index contributed by atoms with van der Waals surface area (Å²) in [4.78, 5) is 0. The number of halogens is 3. The summed E-state index contributed by atoms with van der Waals surface area (Å²) in [6, 6.07) is 14.3. The van der Waals surface area contributed by atoms with Gasteiger partial charge in [-0.05, 0) is 27.7 Å². The van der Waals surface area contributed by atoms with E-state index in [1.807, 2.05) is 0 Å². The Morgan fingerprint density at radius 3 is 1.23 bits per heavy atom. The Labute approximate surface area is 218 Å². The van der Waals surface area contributed by atoms with Crippen LogP contribution in [0.4, 0.5) is 0 Å². The predicted octanol–water partition coefficient (Wildman–Crippen LogP) is -3.87. The summed E-state index contributed by atoms with van der Waals surface area (Å²) in [5.41, 5.74) is 9.72. The molecule has 0 spiro atoms. The molecule has 0 amide bonds. The Morgan fingerprint density at radius 1 is 0.633 bits per heavy atom. The summed E-state index contributed by atoms with van der Waals surface area (Å²) in [5, 5.41) is 3.09. The summed E-state index contributed by atoms with van der Waals surface area (Å²) < 4.78 is 0. The maximum atomic E-state index is 3.91. The SMILES string of the molecule is CC1=[C-]C(C)([SiH](c2cc(C)cc(C)c2)c2cc(C)cc(C)c2)C(C)=C1C.[Cl-].[Cl-].[Cl-].[Ti+4]. The number of rotatable bonds is 3. The van der Waals surface area contributed by atoms with Crippen molar-refractivity contribution in [1.29, 1.82) is 0 Å². The van der Waals surface area contributed by atoms with Crippen LogP contribution >= 0.6 is 0 Å². The first-order valence-electron chi connectivity index (χ1n) is 9.58. The molecule has 1 aliphatic rings. The van der Waals surface area contributed by atoms with Crippen molar-refractivity contribution in [2.75, 3.05) is 0 Å². The summed E-state index contributed by atoms with van der Waals surface area (Å²) in [6.45, 7) is 18.1. The molecule has 0 saturated heterocycles. The third-order valence-electron chi connectivity index (χ3n) is 6.08. The molecule has 0 aliphatic heterocycles. The van der Waals surface area contributed by atoms with Gasteiger partial charge in [0.05, 0.1) is 8.80 Å². The second-order valence-corrected chi connectivity index (χ2v) is 11.8. The van der Waals surface area contributed by atoms with Gasteiger partial charge in [-0.25, -0.2) is 5.57 Å². The van der Waals surface area contributed by atoms with Crippen molar-refractivity contribution in [3.8, 4) is 0 Å². The number of hydrogen-bond acceptors (Lipinski definition) is 0. The van der Waals surface area contributed by atoms with Crippen LogP contribution in [-0.4, -0.2) is 8.80 Å². The van der Waals surface area contributed by atoms with Crippen molar-refractivity contribution >= 4 is 19.2 Å². The van der Waals surface area contributed by atoms with E-state index in [2.05, 4.69) is 97.9 Å². The van der Waals surface area contributed by atoms with Gasteiger partial charge >= 0.3 is 21.7 Å². The van der Waals surface area contributed by atoms with E-state index in [0.29, 0.717) is 0 Å². The Hall–Kier alpha value is -0.279. The minimum Gasteiger partial charge on any atom is -1.00 e. The van der Waals surface area contributed by atoms with E-state index in [1.54, 1.807) is 0 Å². The zero-order valence-corrected chi connectivity index (χ0v) is 24.2. The maximum Gasteiger partial charge on any atom is 4.00 e. The molecule has 5 heteroatoms. The van der Waals surface area contributed by atoms with Gasteiger partial charge in [0.1, 0.15) is 0 Å². The number of benzene rings is 2. The van der Waals surface area contributed by atoms with Crippen LogP contribution in [0.5, 0.6) is 0 Å². The predicted molar refractivity (Wildman–Crippen MR) is 117 cm³/mol. The summed E-state index contributed by atoms with van der Waals surface area (Å²) in [6.07, 6.45) is 3.91. The quantitative estimate of drug-likeness (QED) is 0.291. The smallest absolute Gasteiger partial charge is 1.00 e. The van der Waals surface area contributed by atoms with Crippen molar-refractivity contribution in [3.63, 3.8) is 0 Å². The first-order valence-corrected chi connectivity index (χ1v) is 11.3. The van der Waals surface area contributed by atoms with Crippen molar-refractivity contribution in [1.82, 2.24) is 0 Å². The third-order valence-corrected chi connectivity index (χ3v) is 9.82. The minimum atomic E-state index is -1.55. The van der Waals surface area contributed by atoms with Gasteiger partial charge in [-0.2, -0.15) is 11.1 Å². The first-order chi connectivity index (χ1) is 12.1. The Balaban J connectivity index is 0. The molecule has 0 bridgehead atoms. The zero-order chi connectivity index (χ0) is 19.2. The molecular formula is C25H31Cl3SiTi. The van der Waals surface area contributed by atoms with E-state index in [-0.39, 0.29) is 64.0 Å². The monoisotopic (exact) mass is 512 g/mol. The number of allylic oxidation sites excluding steroid dienone is 4. The van der Waals surface area contributed by atoms with Crippen LogP contribution in [-0.2, 0) is 21.7 Å². The van der Waals surface area contributed by atoms with E-state index in [9.17, 15) is 0 Å². The van der Waals surface area contributed by atoms with Gasteiger partial charge in [-0.1, -0.05) is 94.8 Å². The number of hydrogen-bond donors (Lipinski definition) is 0. The van der Waals surface area contributed by atoms with Gasteiger partial charge in [0, 0.05) is 0 Å². The summed E-state index contributed by atoms with van der Waals surface area (Å²) in [5.74, 6) is 0. The topological polar surface area (TPSA) is 0 Å². The molecule has 0 radical (unpaired) electrons. The van der Waals surface area contributed by atoms with E-state index in [0.717, 1.165) is 0 Å². The van der Waals surface area contributed by atoms with Gasteiger partial charge in [0.15, 0.2) is 0 Å². The second-order valence-electron chi connectivity index (χ2n) is 8.48. The molecule has 1 aliphatic carbocycles. The fourth-order valence-electron chi connectivity index (χ4n) is 4.75. The third kappa shape index (κ3) is 6.15. The molecule has 30 heavy (non-hydrogen) atoms. The van der Waals surface area contributed by atoms with Gasteiger partial charge < -0.3 is 37.2 Å². The molecule has 0 nitrogen and oxygen atoms in total. The van der Waals surface area contributed by atoms with Gasteiger partial charge in [0.25, 0.3) is 0 Å². The van der Waals surface area contributed by atoms with E-state index < -0.39 is 8.80 Å². The fraction of sp³-hybridized carbons (Fsp3) is 0.360. The van der Waals surface area contributed by atoms with Gasteiger partial charge in [-0.3, -0.25) is 6.08 Å². The van der Waals surface area contributed by atoms with Crippen LogP contribution < -0.4 is 47.6 Å². The largest absolute Gasteiger partial charge is 4.00 e. The first kappa shape index (κ1) is 31.9. The van der Waals surface area contributed by atoms with E-state index in [4.69, 9.17) is 0 Å². The van der Waals surface area contributed by atoms with Crippen LogP contribution in [0.3, 0.4) is 0 Å². The van der Waals surface area contributed by atoms with Crippen LogP contribution in [0, 0.1) is 33.8 Å². The molecule has 0 N–H and O–H groups in total. The van der Waals surface area contributed by atoms with Crippen molar-refractivity contribution in [2.45, 2.75) is 60.4 Å². The van der Waals surface area contributed by atoms with Crippen LogP contribution in [0.2, 0.25) is 5.04 Å². The van der Waals surface area contributed by atoms with E-state index >= 15 is 0 Å². The molecule has 1 atom stereocenters. The van der Waals surface area contributed by atoms with Crippen molar-refractivity contribution < 1.29 is 58.9 Å². The molecule has 2 aromatic carbocycles. The normalized spacial score (nSPS) is 17.4. The van der Waals surface area contributed by atoms with Crippen LogP contribution in [0.25, 0.3) is 0 Å². The average molecular weight is 514 g/mol. The molecular weight excluding hydrogens is 483 g/mol. The van der Waals surface area contributed by atoms with Gasteiger partial charge in [0.2, 0.25) is 0 Å². The van der Waals surface area contributed by atoms with Crippen LogP contribution in [0.15, 0.2) is 53.1 Å². The van der Waals surface area contributed by atoms with Crippen molar-refractivity contribution in [3.05, 3.63) is 81.4 Å². The molecule has 0 aromatic heterocycles. The molecule has 1 unspecified atom stereocenters. The molecule has 160 valence electrons. The summed E-state index contributed by atoms with van der Waals surface area (Å²) in [7, 11) is -1.55. The van der Waals surface area contributed by atoms with Crippen LogP contribution in [0.1, 0.15) is 49.9 Å². The minimum absolute atomic E-state index is 0. The maximum absolute atomic E-state index is 3.91. The van der Waals surface area contributed by atoms with E-state index in [1.165, 1.54) is 49.3 Å². The molecule has 0 fully saturated rings. The Kier molecular flexibility index (Phi) is 12.9. The molecule has 0 heterocycles.